The van der Waals surface area contributed by atoms with Crippen molar-refractivity contribution in [2.75, 3.05) is 26.7 Å². The lowest BCUT2D eigenvalue weighted by Gasteiger charge is -2.38. The van der Waals surface area contributed by atoms with Gasteiger partial charge in [-0.15, -0.1) is 0 Å². The van der Waals surface area contributed by atoms with Crippen molar-refractivity contribution in [1.29, 1.82) is 0 Å². The highest BCUT2D eigenvalue weighted by Gasteiger charge is 2.28. The lowest BCUT2D eigenvalue weighted by atomic mass is 9.80. The van der Waals surface area contributed by atoms with Crippen LogP contribution in [0.1, 0.15) is 25.3 Å². The Morgan fingerprint density at radius 2 is 2.10 bits per heavy atom. The number of piperidine rings is 1. The molecule has 6 heteroatoms. The molecule has 5 nitrogen and oxygen atoms in total. The van der Waals surface area contributed by atoms with Crippen molar-refractivity contribution in [3.63, 3.8) is 0 Å². The van der Waals surface area contributed by atoms with Crippen LogP contribution in [-0.4, -0.2) is 36.5 Å². The first kappa shape index (κ1) is 16.2. The summed E-state index contributed by atoms with van der Waals surface area (Å²) in [6.45, 7) is 6.12. The van der Waals surface area contributed by atoms with E-state index >= 15 is 0 Å². The number of halogens is 1. The SMILES string of the molecule is CN1CCC(C)(CNCc2ccc(Cl)c([N+](=O)[O-])c2)CC1. The minimum Gasteiger partial charge on any atom is -0.312 e. The average molecular weight is 312 g/mol. The van der Waals surface area contributed by atoms with Gasteiger partial charge in [0.2, 0.25) is 0 Å². The molecule has 0 radical (unpaired) electrons. The molecule has 116 valence electrons. The van der Waals surface area contributed by atoms with Crippen molar-refractivity contribution < 1.29 is 4.92 Å². The van der Waals surface area contributed by atoms with Crippen LogP contribution < -0.4 is 5.32 Å². The summed E-state index contributed by atoms with van der Waals surface area (Å²) in [7, 11) is 2.15. The minimum absolute atomic E-state index is 0.0264. The minimum atomic E-state index is -0.440. The fourth-order valence-electron chi connectivity index (χ4n) is 2.65. The average Bonchev–Trinajstić information content (AvgIpc) is 2.44. The summed E-state index contributed by atoms with van der Waals surface area (Å²) in [4.78, 5) is 12.8. The molecule has 0 bridgehead atoms. The van der Waals surface area contributed by atoms with Gasteiger partial charge >= 0.3 is 0 Å². The van der Waals surface area contributed by atoms with Gasteiger partial charge in [0.1, 0.15) is 5.02 Å². The van der Waals surface area contributed by atoms with Crippen LogP contribution in [0.25, 0.3) is 0 Å². The quantitative estimate of drug-likeness (QED) is 0.670. The molecule has 0 saturated carbocycles. The van der Waals surface area contributed by atoms with E-state index in [1.165, 1.54) is 12.8 Å². The lowest BCUT2D eigenvalue weighted by molar-refractivity contribution is -0.384. The Labute approximate surface area is 130 Å². The van der Waals surface area contributed by atoms with Gasteiger partial charge in [-0.05, 0) is 50.0 Å². The van der Waals surface area contributed by atoms with Gasteiger partial charge in [0.05, 0.1) is 4.92 Å². The van der Waals surface area contributed by atoms with E-state index in [0.29, 0.717) is 12.0 Å². The largest absolute Gasteiger partial charge is 0.312 e. The summed E-state index contributed by atoms with van der Waals surface area (Å²) in [5.41, 5.74) is 1.18. The zero-order valence-electron chi connectivity index (χ0n) is 12.6. The Morgan fingerprint density at radius 1 is 1.43 bits per heavy atom. The van der Waals surface area contributed by atoms with Crippen molar-refractivity contribution in [2.24, 2.45) is 5.41 Å². The van der Waals surface area contributed by atoms with Gasteiger partial charge in [-0.3, -0.25) is 10.1 Å². The standard InChI is InChI=1S/C15H22ClN3O2/c1-15(5-7-18(2)8-6-15)11-17-10-12-3-4-13(16)14(9-12)19(20)21/h3-4,9,17H,5-8,10-11H2,1-2H3. The molecular weight excluding hydrogens is 290 g/mol. The van der Waals surface area contributed by atoms with E-state index in [4.69, 9.17) is 11.6 Å². The van der Waals surface area contributed by atoms with Crippen LogP contribution in [0.5, 0.6) is 0 Å². The molecule has 0 atom stereocenters. The van der Waals surface area contributed by atoms with E-state index in [2.05, 4.69) is 24.2 Å². The molecule has 2 rings (SSSR count). The molecule has 0 amide bonds. The Balaban J connectivity index is 1.89. The third kappa shape index (κ3) is 4.40. The highest BCUT2D eigenvalue weighted by atomic mass is 35.5. The number of nitro groups is 1. The maximum absolute atomic E-state index is 10.9. The number of nitro benzene ring substituents is 1. The zero-order chi connectivity index (χ0) is 15.5. The van der Waals surface area contributed by atoms with Crippen LogP contribution in [0, 0.1) is 15.5 Å². The summed E-state index contributed by atoms with van der Waals surface area (Å²) in [5, 5.41) is 14.5. The Hall–Kier alpha value is -1.17. The fraction of sp³-hybridized carbons (Fsp3) is 0.600. The monoisotopic (exact) mass is 311 g/mol. The van der Waals surface area contributed by atoms with Gasteiger partial charge in [0.15, 0.2) is 0 Å². The molecule has 0 spiro atoms. The van der Waals surface area contributed by atoms with Gasteiger partial charge in [-0.1, -0.05) is 24.6 Å². The molecule has 1 heterocycles. The van der Waals surface area contributed by atoms with E-state index in [9.17, 15) is 10.1 Å². The number of benzene rings is 1. The van der Waals surface area contributed by atoms with E-state index in [-0.39, 0.29) is 10.7 Å². The first-order chi connectivity index (χ1) is 9.89. The number of nitrogens with one attached hydrogen (secondary N) is 1. The molecule has 1 N–H and O–H groups in total. The van der Waals surface area contributed by atoms with Gasteiger partial charge in [0.25, 0.3) is 5.69 Å². The second-order valence-electron chi connectivity index (χ2n) is 6.26. The topological polar surface area (TPSA) is 58.4 Å². The Morgan fingerprint density at radius 3 is 2.71 bits per heavy atom. The second kappa shape index (κ2) is 6.73. The summed E-state index contributed by atoms with van der Waals surface area (Å²) in [6, 6.07) is 4.97. The van der Waals surface area contributed by atoms with Crippen molar-refractivity contribution in [2.45, 2.75) is 26.3 Å². The number of rotatable bonds is 5. The van der Waals surface area contributed by atoms with Crippen LogP contribution in [0.2, 0.25) is 5.02 Å². The molecule has 1 aromatic carbocycles. The van der Waals surface area contributed by atoms with Crippen molar-refractivity contribution in [3.05, 3.63) is 38.9 Å². The van der Waals surface area contributed by atoms with Gasteiger partial charge in [-0.25, -0.2) is 0 Å². The van der Waals surface area contributed by atoms with Crippen LogP contribution in [-0.2, 0) is 6.54 Å². The number of hydrogen-bond donors (Lipinski definition) is 1. The third-order valence-electron chi connectivity index (χ3n) is 4.28. The smallest absolute Gasteiger partial charge is 0.288 e. The van der Waals surface area contributed by atoms with Crippen LogP contribution >= 0.6 is 11.6 Å². The molecular formula is C15H22ClN3O2. The number of hydrogen-bond acceptors (Lipinski definition) is 4. The summed E-state index contributed by atoms with van der Waals surface area (Å²) in [5.74, 6) is 0. The Kier molecular flexibility index (Phi) is 5.19. The maximum atomic E-state index is 10.9. The lowest BCUT2D eigenvalue weighted by Crippen LogP contribution is -2.41. The van der Waals surface area contributed by atoms with E-state index in [0.717, 1.165) is 25.2 Å². The summed E-state index contributed by atoms with van der Waals surface area (Å²) in [6.07, 6.45) is 2.36. The highest BCUT2D eigenvalue weighted by molar-refractivity contribution is 6.32. The van der Waals surface area contributed by atoms with Gasteiger partial charge in [-0.2, -0.15) is 0 Å². The third-order valence-corrected chi connectivity index (χ3v) is 4.60. The molecule has 21 heavy (non-hydrogen) atoms. The highest BCUT2D eigenvalue weighted by Crippen LogP contribution is 2.30. The predicted octanol–water partition coefficient (Wildman–Crippen LogP) is 3.07. The van der Waals surface area contributed by atoms with Gasteiger partial charge in [0, 0.05) is 19.2 Å². The van der Waals surface area contributed by atoms with Crippen molar-refractivity contribution >= 4 is 17.3 Å². The van der Waals surface area contributed by atoms with Gasteiger partial charge < -0.3 is 10.2 Å². The first-order valence-corrected chi connectivity index (χ1v) is 7.59. The molecule has 1 fully saturated rings. The molecule has 0 unspecified atom stereocenters. The molecule has 0 aliphatic carbocycles. The molecule has 1 saturated heterocycles. The maximum Gasteiger partial charge on any atom is 0.288 e. The predicted molar refractivity (Wildman–Crippen MR) is 84.7 cm³/mol. The zero-order valence-corrected chi connectivity index (χ0v) is 13.3. The van der Waals surface area contributed by atoms with Crippen molar-refractivity contribution in [3.8, 4) is 0 Å². The van der Waals surface area contributed by atoms with E-state index < -0.39 is 4.92 Å². The number of nitrogens with zero attached hydrogens (tertiary/aromatic N) is 2. The molecule has 1 aromatic rings. The molecule has 0 aromatic heterocycles. The fourth-order valence-corrected chi connectivity index (χ4v) is 2.84. The number of likely N-dealkylation sites (tertiary alicyclic amines) is 1. The van der Waals surface area contributed by atoms with Crippen LogP contribution in [0.15, 0.2) is 18.2 Å². The first-order valence-electron chi connectivity index (χ1n) is 7.22. The van der Waals surface area contributed by atoms with E-state index in [1.54, 1.807) is 12.1 Å². The van der Waals surface area contributed by atoms with Crippen LogP contribution in [0.3, 0.4) is 0 Å². The normalized spacial score (nSPS) is 18.6. The van der Waals surface area contributed by atoms with Crippen molar-refractivity contribution in [1.82, 2.24) is 10.2 Å². The van der Waals surface area contributed by atoms with Crippen LogP contribution in [0.4, 0.5) is 5.69 Å². The Bertz CT molecular complexity index is 514. The molecule has 1 aliphatic heterocycles. The summed E-state index contributed by atoms with van der Waals surface area (Å²) < 4.78 is 0. The van der Waals surface area contributed by atoms with E-state index in [1.807, 2.05) is 6.07 Å². The molecule has 1 aliphatic rings. The summed E-state index contributed by atoms with van der Waals surface area (Å²) >= 11 is 5.82. The second-order valence-corrected chi connectivity index (χ2v) is 6.67.